The number of carbonyl (C=O) groups excluding carboxylic acids is 2. The molecule has 1 aromatic rings. The van der Waals surface area contributed by atoms with Gasteiger partial charge < -0.3 is 15.6 Å². The van der Waals surface area contributed by atoms with E-state index in [1.807, 2.05) is 6.92 Å². The Labute approximate surface area is 256 Å². The van der Waals surface area contributed by atoms with Gasteiger partial charge in [0.2, 0.25) is 0 Å². The highest BCUT2D eigenvalue weighted by Crippen LogP contribution is 2.68. The van der Waals surface area contributed by atoms with E-state index in [1.165, 1.54) is 24.3 Å². The van der Waals surface area contributed by atoms with Crippen molar-refractivity contribution in [1.29, 1.82) is 0 Å². The molecule has 3 N–H and O–H groups in total. The first-order valence-corrected chi connectivity index (χ1v) is 17.3. The van der Waals surface area contributed by atoms with Crippen LogP contribution in [-0.2, 0) is 24.3 Å². The Morgan fingerprint density at radius 2 is 1.81 bits per heavy atom. The predicted molar refractivity (Wildman–Crippen MR) is 165 cm³/mol. The van der Waals surface area contributed by atoms with E-state index in [0.717, 1.165) is 36.5 Å². The smallest absolute Gasteiger partial charge is 0.323 e. The van der Waals surface area contributed by atoms with Crippen LogP contribution in [0, 0.1) is 34.0 Å². The summed E-state index contributed by atoms with van der Waals surface area (Å²) in [5.74, 6) is -0.887. The summed E-state index contributed by atoms with van der Waals surface area (Å²) in [6.45, 7) is 12.8. The van der Waals surface area contributed by atoms with Crippen molar-refractivity contribution in [2.24, 2.45) is 34.0 Å². The zero-order valence-electron chi connectivity index (χ0n) is 26.1. The highest BCUT2D eigenvalue weighted by Gasteiger charge is 2.68. The average molecular weight is 616 g/mol. The molecule has 3 aliphatic carbocycles. The fourth-order valence-electron chi connectivity index (χ4n) is 9.01. The lowest BCUT2D eigenvalue weighted by atomic mass is 9.44. The monoisotopic (exact) mass is 615 g/mol. The number of aliphatic hydroxyl groups is 1. The summed E-state index contributed by atoms with van der Waals surface area (Å²) in [6.07, 6.45) is 6.08. The Bertz CT molecular complexity index is 1340. The standard InChI is InChI=1S/C33H49N3O6S/c1-6-31(4)20-27(32(5)22(2)14-16-33(23(3)30(31)39)17-15-26(37)29(32)33)42-28(38)21-36(35-18-8-7-9-19-35)43(40,41)25-12-10-24(34)11-13-25/h6,10-13,22-23,27,29-30,39H,1,7-9,14-21,34H2,2-5H3/t22-,23+,27-,29+,30+,31-,32+,33+/m1/s1. The number of nitrogens with two attached hydrogens (primary N) is 1. The first kappa shape index (κ1) is 32.1. The number of esters is 1. The summed E-state index contributed by atoms with van der Waals surface area (Å²) in [5, 5.41) is 13.5. The molecular formula is C33H49N3O6S. The summed E-state index contributed by atoms with van der Waals surface area (Å²) >= 11 is 0. The molecule has 5 rings (SSSR count). The van der Waals surface area contributed by atoms with Crippen molar-refractivity contribution in [3.8, 4) is 0 Å². The molecule has 1 heterocycles. The molecule has 2 bridgehead atoms. The highest BCUT2D eigenvalue weighted by molar-refractivity contribution is 7.89. The molecule has 4 aliphatic rings. The lowest BCUT2D eigenvalue weighted by molar-refractivity contribution is -0.207. The van der Waals surface area contributed by atoms with Crippen molar-refractivity contribution in [3.63, 3.8) is 0 Å². The molecule has 1 aliphatic heterocycles. The summed E-state index contributed by atoms with van der Waals surface area (Å²) < 4.78 is 35.4. The third-order valence-electron chi connectivity index (χ3n) is 11.9. The highest BCUT2D eigenvalue weighted by atomic mass is 32.2. The quantitative estimate of drug-likeness (QED) is 0.259. The molecule has 0 amide bonds. The third kappa shape index (κ3) is 5.26. The fourth-order valence-corrected chi connectivity index (χ4v) is 10.5. The number of ketones is 1. The van der Waals surface area contributed by atoms with Gasteiger partial charge in [0.05, 0.1) is 11.0 Å². The van der Waals surface area contributed by atoms with E-state index in [4.69, 9.17) is 10.5 Å². The molecule has 0 aromatic heterocycles. The maximum Gasteiger partial charge on any atom is 0.323 e. The van der Waals surface area contributed by atoms with Crippen LogP contribution in [0.15, 0.2) is 41.8 Å². The van der Waals surface area contributed by atoms with Crippen LogP contribution in [0.3, 0.4) is 0 Å². The number of anilines is 1. The van der Waals surface area contributed by atoms with Gasteiger partial charge in [-0.25, -0.2) is 13.4 Å². The molecule has 4 fully saturated rings. The Kier molecular flexibility index (Phi) is 8.66. The molecule has 10 heteroatoms. The topological polar surface area (TPSA) is 130 Å². The van der Waals surface area contributed by atoms with E-state index in [-0.39, 0.29) is 33.8 Å². The fraction of sp³-hybridized carbons (Fsp3) is 0.697. The zero-order chi connectivity index (χ0) is 31.4. The van der Waals surface area contributed by atoms with Gasteiger partial charge in [0.15, 0.2) is 0 Å². The molecule has 8 atom stereocenters. The van der Waals surface area contributed by atoms with Gasteiger partial charge in [0.1, 0.15) is 18.4 Å². The van der Waals surface area contributed by atoms with Crippen LogP contribution >= 0.6 is 0 Å². The number of ether oxygens (including phenoxy) is 1. The van der Waals surface area contributed by atoms with Gasteiger partial charge in [0.25, 0.3) is 10.0 Å². The van der Waals surface area contributed by atoms with Crippen molar-refractivity contribution >= 4 is 27.5 Å². The SMILES string of the molecule is C=C[C@]1(C)C[C@@H](OC(=O)CN(N2CCCCC2)S(=O)(=O)c2ccc(N)cc2)[C@]2(C)[C@H](C)CC[C@]3(CCC(=O)[C@H]32)[C@@H](C)[C@@H]1O. The van der Waals surface area contributed by atoms with Crippen LogP contribution in [-0.4, -0.2) is 66.5 Å². The van der Waals surface area contributed by atoms with Crippen molar-refractivity contribution < 1.29 is 27.9 Å². The van der Waals surface area contributed by atoms with E-state index in [9.17, 15) is 23.1 Å². The Morgan fingerprint density at radius 3 is 2.44 bits per heavy atom. The van der Waals surface area contributed by atoms with Crippen LogP contribution in [0.5, 0.6) is 0 Å². The summed E-state index contributed by atoms with van der Waals surface area (Å²) in [5.41, 5.74) is 4.44. The number of benzene rings is 1. The van der Waals surface area contributed by atoms with Gasteiger partial charge in [-0.15, -0.1) is 11.0 Å². The number of hydrogen-bond donors (Lipinski definition) is 2. The minimum Gasteiger partial charge on any atom is -0.461 e. The van der Waals surface area contributed by atoms with Crippen LogP contribution in [0.1, 0.15) is 79.1 Å². The van der Waals surface area contributed by atoms with E-state index in [1.54, 1.807) is 11.1 Å². The lowest BCUT2D eigenvalue weighted by Gasteiger charge is -2.61. The predicted octanol–water partition coefficient (Wildman–Crippen LogP) is 4.57. The van der Waals surface area contributed by atoms with Crippen LogP contribution in [0.2, 0.25) is 0 Å². The molecule has 0 spiro atoms. The van der Waals surface area contributed by atoms with Gasteiger partial charge in [-0.2, -0.15) is 0 Å². The minimum atomic E-state index is -4.08. The third-order valence-corrected chi connectivity index (χ3v) is 13.7. The largest absolute Gasteiger partial charge is 0.461 e. The second-order valence-corrected chi connectivity index (χ2v) is 16.0. The molecule has 0 radical (unpaired) electrons. The number of aliphatic hydroxyl groups excluding tert-OH is 1. The van der Waals surface area contributed by atoms with E-state index in [0.29, 0.717) is 38.0 Å². The normalized spacial score (nSPS) is 38.7. The van der Waals surface area contributed by atoms with Crippen molar-refractivity contribution in [2.75, 3.05) is 25.4 Å². The molecule has 1 aromatic carbocycles. The molecule has 0 unspecified atom stereocenters. The number of hydrogen-bond acceptors (Lipinski definition) is 8. The number of sulfonamides is 1. The van der Waals surface area contributed by atoms with Gasteiger partial charge in [-0.3, -0.25) is 9.59 Å². The Morgan fingerprint density at radius 1 is 1.16 bits per heavy atom. The zero-order valence-corrected chi connectivity index (χ0v) is 26.9. The van der Waals surface area contributed by atoms with Gasteiger partial charge >= 0.3 is 5.97 Å². The van der Waals surface area contributed by atoms with E-state index >= 15 is 0 Å². The minimum absolute atomic E-state index is 0.0524. The Hall–Kier alpha value is -2.27. The molecule has 1 saturated heterocycles. The molecule has 3 saturated carbocycles. The van der Waals surface area contributed by atoms with E-state index < -0.39 is 45.6 Å². The number of Topliss-reactive ketones (excluding diaryl/α,β-unsaturated/α-hetero) is 1. The van der Waals surface area contributed by atoms with Crippen molar-refractivity contribution in [2.45, 2.75) is 96.2 Å². The number of piperidine rings is 1. The van der Waals surface area contributed by atoms with E-state index in [2.05, 4.69) is 27.4 Å². The second-order valence-electron chi connectivity index (χ2n) is 14.1. The number of carbonyl (C=O) groups is 2. The molecule has 43 heavy (non-hydrogen) atoms. The molecule has 9 nitrogen and oxygen atoms in total. The van der Waals surface area contributed by atoms with Crippen LogP contribution < -0.4 is 5.73 Å². The van der Waals surface area contributed by atoms with Gasteiger partial charge in [-0.05, 0) is 80.0 Å². The Balaban J connectivity index is 1.52. The molecule has 238 valence electrons. The number of nitrogens with zero attached hydrogens (tertiary/aromatic N) is 2. The van der Waals surface area contributed by atoms with Crippen LogP contribution in [0.25, 0.3) is 0 Å². The van der Waals surface area contributed by atoms with Crippen molar-refractivity contribution in [1.82, 2.24) is 9.42 Å². The van der Waals surface area contributed by atoms with Gasteiger partial charge in [-0.1, -0.05) is 40.2 Å². The van der Waals surface area contributed by atoms with Gasteiger partial charge in [0, 0.05) is 41.9 Å². The summed E-state index contributed by atoms with van der Waals surface area (Å²) in [4.78, 5) is 27.7. The number of nitrogen functional groups attached to an aromatic ring is 1. The average Bonchev–Trinajstić information content (AvgIpc) is 3.34. The maximum absolute atomic E-state index is 14.0. The number of hydrazine groups is 1. The second kappa shape index (κ2) is 11.6. The van der Waals surface area contributed by atoms with Crippen LogP contribution in [0.4, 0.5) is 5.69 Å². The summed E-state index contributed by atoms with van der Waals surface area (Å²) in [7, 11) is -4.08. The maximum atomic E-state index is 14.0. The molecular weight excluding hydrogens is 566 g/mol. The summed E-state index contributed by atoms with van der Waals surface area (Å²) in [6, 6.07) is 5.98. The number of rotatable bonds is 7. The van der Waals surface area contributed by atoms with Crippen molar-refractivity contribution in [3.05, 3.63) is 36.9 Å². The first-order chi connectivity index (χ1) is 20.2. The first-order valence-electron chi connectivity index (χ1n) is 15.9. The lowest BCUT2D eigenvalue weighted by Crippen LogP contribution is -2.63.